The molecule has 1 aromatic carbocycles. The number of nitrogens with two attached hydrogens (primary N) is 1. The summed E-state index contributed by atoms with van der Waals surface area (Å²) in [5, 5.41) is 2.86. The molecule has 3 rings (SSSR count). The van der Waals surface area contributed by atoms with Crippen molar-refractivity contribution in [2.45, 2.75) is 25.3 Å². The van der Waals surface area contributed by atoms with Crippen molar-refractivity contribution in [2.75, 3.05) is 0 Å². The molecule has 0 bridgehead atoms. The van der Waals surface area contributed by atoms with Crippen molar-refractivity contribution in [1.82, 2.24) is 0 Å². The molecular weight excluding hydrogens is 273 g/mol. The van der Waals surface area contributed by atoms with Crippen LogP contribution >= 0.6 is 11.3 Å². The quantitative estimate of drug-likeness (QED) is 0.742. The number of furan rings is 1. The number of hydrogen-bond donors (Lipinski definition) is 1. The summed E-state index contributed by atoms with van der Waals surface area (Å²) in [6.45, 7) is 0. The van der Waals surface area contributed by atoms with Crippen LogP contribution in [0.3, 0.4) is 0 Å². The van der Waals surface area contributed by atoms with Crippen molar-refractivity contribution in [3.05, 3.63) is 58.2 Å². The van der Waals surface area contributed by atoms with Crippen molar-refractivity contribution < 1.29 is 8.81 Å². The van der Waals surface area contributed by atoms with Gasteiger partial charge in [0.2, 0.25) is 0 Å². The Morgan fingerprint density at radius 3 is 2.95 bits per heavy atom. The summed E-state index contributed by atoms with van der Waals surface area (Å²) in [7, 11) is 0. The number of fused-ring (bicyclic) bond motifs is 1. The highest BCUT2D eigenvalue weighted by Gasteiger charge is 2.12. The fourth-order valence-electron chi connectivity index (χ4n) is 2.31. The molecule has 3 aromatic rings. The molecule has 20 heavy (non-hydrogen) atoms. The monoisotopic (exact) mass is 289 g/mol. The van der Waals surface area contributed by atoms with E-state index in [0.29, 0.717) is 5.58 Å². The number of benzene rings is 1. The molecular formula is C16H16FNOS. The molecule has 0 aliphatic carbocycles. The Morgan fingerprint density at radius 1 is 1.25 bits per heavy atom. The first kappa shape index (κ1) is 13.3. The molecule has 2 aromatic heterocycles. The van der Waals surface area contributed by atoms with Gasteiger partial charge in [-0.15, -0.1) is 11.3 Å². The van der Waals surface area contributed by atoms with Crippen molar-refractivity contribution >= 4 is 22.3 Å². The Labute approximate surface area is 121 Å². The van der Waals surface area contributed by atoms with Crippen LogP contribution in [0.2, 0.25) is 0 Å². The lowest BCUT2D eigenvalue weighted by Gasteiger charge is -2.07. The summed E-state index contributed by atoms with van der Waals surface area (Å²) >= 11 is 1.77. The van der Waals surface area contributed by atoms with Gasteiger partial charge in [0.15, 0.2) is 0 Å². The minimum atomic E-state index is -0.254. The van der Waals surface area contributed by atoms with Crippen LogP contribution in [0.5, 0.6) is 0 Å². The van der Waals surface area contributed by atoms with Crippen LogP contribution in [-0.2, 0) is 6.42 Å². The van der Waals surface area contributed by atoms with E-state index in [1.165, 1.54) is 17.0 Å². The number of aryl methyl sites for hydroxylation is 1. The number of rotatable bonds is 5. The van der Waals surface area contributed by atoms with Crippen LogP contribution < -0.4 is 5.73 Å². The highest BCUT2D eigenvalue weighted by Crippen LogP contribution is 2.26. The van der Waals surface area contributed by atoms with E-state index in [9.17, 15) is 4.39 Å². The van der Waals surface area contributed by atoms with Gasteiger partial charge in [-0.2, -0.15) is 0 Å². The molecule has 0 saturated carbocycles. The van der Waals surface area contributed by atoms with Crippen LogP contribution in [0.1, 0.15) is 29.5 Å². The number of thiophene rings is 1. The Hall–Kier alpha value is -1.65. The molecule has 0 aliphatic heterocycles. The molecule has 0 aliphatic rings. The van der Waals surface area contributed by atoms with Gasteiger partial charge in [-0.1, -0.05) is 6.07 Å². The molecule has 4 heteroatoms. The standard InChI is InChI=1S/C16H16FNOS/c17-12-6-7-15-11(9-12)10-16(19-15)14(18)5-1-3-13-4-2-8-20-13/h2,4,6-10,14H,1,3,5,18H2. The molecule has 0 spiro atoms. The number of hydrogen-bond acceptors (Lipinski definition) is 3. The third-order valence-electron chi connectivity index (χ3n) is 3.38. The molecule has 1 atom stereocenters. The smallest absolute Gasteiger partial charge is 0.134 e. The predicted octanol–water partition coefficient (Wildman–Crippen LogP) is 4.66. The molecule has 2 N–H and O–H groups in total. The van der Waals surface area contributed by atoms with E-state index in [0.717, 1.165) is 30.4 Å². The van der Waals surface area contributed by atoms with Crippen molar-refractivity contribution in [2.24, 2.45) is 5.73 Å². The second kappa shape index (κ2) is 5.77. The summed E-state index contributed by atoms with van der Waals surface area (Å²) < 4.78 is 18.8. The third kappa shape index (κ3) is 2.92. The zero-order valence-corrected chi connectivity index (χ0v) is 11.8. The first-order chi connectivity index (χ1) is 9.72. The summed E-state index contributed by atoms with van der Waals surface area (Å²) in [6, 6.07) is 10.4. The third-order valence-corrected chi connectivity index (χ3v) is 4.32. The van der Waals surface area contributed by atoms with Crippen LogP contribution in [0, 0.1) is 5.82 Å². The van der Waals surface area contributed by atoms with E-state index >= 15 is 0 Å². The first-order valence-electron chi connectivity index (χ1n) is 6.69. The van der Waals surface area contributed by atoms with Gasteiger partial charge in [0.1, 0.15) is 17.2 Å². The number of halogens is 1. The van der Waals surface area contributed by atoms with Gasteiger partial charge in [-0.05, 0) is 55.0 Å². The maximum atomic E-state index is 13.1. The summed E-state index contributed by atoms with van der Waals surface area (Å²) in [5.74, 6) is 0.480. The van der Waals surface area contributed by atoms with Gasteiger partial charge in [-0.25, -0.2) is 4.39 Å². The highest BCUT2D eigenvalue weighted by atomic mass is 32.1. The Bertz CT molecular complexity index is 690. The molecule has 0 radical (unpaired) electrons. The van der Waals surface area contributed by atoms with E-state index in [1.807, 2.05) is 6.07 Å². The molecule has 1 unspecified atom stereocenters. The zero-order valence-electron chi connectivity index (χ0n) is 11.0. The Kier molecular flexibility index (Phi) is 3.85. The van der Waals surface area contributed by atoms with E-state index < -0.39 is 0 Å². The molecule has 104 valence electrons. The van der Waals surface area contributed by atoms with Gasteiger partial charge >= 0.3 is 0 Å². The topological polar surface area (TPSA) is 39.2 Å². The summed E-state index contributed by atoms with van der Waals surface area (Å²) in [6.07, 6.45) is 2.92. The first-order valence-corrected chi connectivity index (χ1v) is 7.57. The lowest BCUT2D eigenvalue weighted by atomic mass is 10.1. The van der Waals surface area contributed by atoms with Crippen LogP contribution in [0.25, 0.3) is 11.0 Å². The second-order valence-corrected chi connectivity index (χ2v) is 5.94. The average molecular weight is 289 g/mol. The molecule has 0 saturated heterocycles. The fourth-order valence-corrected chi connectivity index (χ4v) is 3.06. The van der Waals surface area contributed by atoms with Gasteiger partial charge in [-0.3, -0.25) is 0 Å². The Morgan fingerprint density at radius 2 is 2.15 bits per heavy atom. The van der Waals surface area contributed by atoms with E-state index in [-0.39, 0.29) is 11.9 Å². The molecule has 2 nitrogen and oxygen atoms in total. The van der Waals surface area contributed by atoms with E-state index in [4.69, 9.17) is 10.2 Å². The van der Waals surface area contributed by atoms with Gasteiger partial charge in [0.05, 0.1) is 6.04 Å². The largest absolute Gasteiger partial charge is 0.459 e. The maximum Gasteiger partial charge on any atom is 0.134 e. The normalized spacial score (nSPS) is 12.9. The zero-order chi connectivity index (χ0) is 13.9. The fraction of sp³-hybridized carbons (Fsp3) is 0.250. The highest BCUT2D eigenvalue weighted by molar-refractivity contribution is 7.09. The minimum absolute atomic E-state index is 0.134. The van der Waals surface area contributed by atoms with Crippen molar-refractivity contribution in [1.29, 1.82) is 0 Å². The van der Waals surface area contributed by atoms with Crippen LogP contribution in [-0.4, -0.2) is 0 Å². The lowest BCUT2D eigenvalue weighted by Crippen LogP contribution is -2.09. The molecule has 0 amide bonds. The summed E-state index contributed by atoms with van der Waals surface area (Å²) in [4.78, 5) is 1.38. The second-order valence-electron chi connectivity index (χ2n) is 4.91. The predicted molar refractivity (Wildman–Crippen MR) is 80.4 cm³/mol. The lowest BCUT2D eigenvalue weighted by molar-refractivity contribution is 0.470. The van der Waals surface area contributed by atoms with Crippen LogP contribution in [0.4, 0.5) is 4.39 Å². The van der Waals surface area contributed by atoms with Crippen molar-refractivity contribution in [3.8, 4) is 0 Å². The Balaban J connectivity index is 1.64. The van der Waals surface area contributed by atoms with Crippen LogP contribution in [0.15, 0.2) is 46.2 Å². The SMILES string of the molecule is NC(CCCc1cccs1)c1cc2cc(F)ccc2o1. The van der Waals surface area contributed by atoms with Gasteiger partial charge in [0.25, 0.3) is 0 Å². The van der Waals surface area contributed by atoms with Gasteiger partial charge < -0.3 is 10.2 Å². The minimum Gasteiger partial charge on any atom is -0.459 e. The maximum absolute atomic E-state index is 13.1. The van der Waals surface area contributed by atoms with E-state index in [2.05, 4.69) is 17.5 Å². The average Bonchev–Trinajstić information content (AvgIpc) is 3.06. The van der Waals surface area contributed by atoms with E-state index in [1.54, 1.807) is 17.4 Å². The molecule has 0 fully saturated rings. The molecule has 2 heterocycles. The summed E-state index contributed by atoms with van der Waals surface area (Å²) in [5.41, 5.74) is 6.84. The van der Waals surface area contributed by atoms with Crippen molar-refractivity contribution in [3.63, 3.8) is 0 Å². The van der Waals surface area contributed by atoms with Gasteiger partial charge in [0, 0.05) is 10.3 Å².